The molecule has 0 aliphatic carbocycles. The van der Waals surface area contributed by atoms with E-state index in [0.29, 0.717) is 18.0 Å². The van der Waals surface area contributed by atoms with Crippen LogP contribution in [0.3, 0.4) is 0 Å². The van der Waals surface area contributed by atoms with Crippen molar-refractivity contribution in [2.24, 2.45) is 0 Å². The van der Waals surface area contributed by atoms with Crippen LogP contribution in [0.4, 0.5) is 4.79 Å². The van der Waals surface area contributed by atoms with Crippen LogP contribution in [-0.4, -0.2) is 56.2 Å². The number of amides is 2. The minimum atomic E-state index is -0.0364. The molecule has 2 aromatic rings. The molecular formula is C19H25N3O3S. The summed E-state index contributed by atoms with van der Waals surface area (Å²) in [5, 5.41) is 5.09. The number of ether oxygens (including phenoxy) is 2. The summed E-state index contributed by atoms with van der Waals surface area (Å²) in [6, 6.07) is 9.87. The van der Waals surface area contributed by atoms with Gasteiger partial charge in [0.15, 0.2) is 11.5 Å². The predicted molar refractivity (Wildman–Crippen MR) is 103 cm³/mol. The Labute approximate surface area is 158 Å². The van der Waals surface area contributed by atoms with Gasteiger partial charge < -0.3 is 19.7 Å². The van der Waals surface area contributed by atoms with E-state index in [0.717, 1.165) is 38.3 Å². The van der Waals surface area contributed by atoms with Crippen LogP contribution in [0, 0.1) is 0 Å². The zero-order valence-corrected chi connectivity index (χ0v) is 16.1. The average Bonchev–Trinajstić information content (AvgIpc) is 3.19. The maximum absolute atomic E-state index is 12.5. The van der Waals surface area contributed by atoms with Crippen molar-refractivity contribution < 1.29 is 14.3 Å². The lowest BCUT2D eigenvalue weighted by Gasteiger charge is -2.34. The highest BCUT2D eigenvalue weighted by Crippen LogP contribution is 2.30. The average molecular weight is 375 g/mol. The summed E-state index contributed by atoms with van der Waals surface area (Å²) >= 11 is 1.78. The smallest absolute Gasteiger partial charge is 0.317 e. The number of methoxy groups -OCH3 is 2. The van der Waals surface area contributed by atoms with Crippen molar-refractivity contribution in [3.8, 4) is 11.5 Å². The molecule has 2 heterocycles. The van der Waals surface area contributed by atoms with Gasteiger partial charge in [0.05, 0.1) is 14.2 Å². The second-order valence-electron chi connectivity index (χ2n) is 6.15. The van der Waals surface area contributed by atoms with Gasteiger partial charge in [-0.2, -0.15) is 0 Å². The molecule has 0 radical (unpaired) electrons. The molecule has 7 heteroatoms. The van der Waals surface area contributed by atoms with Crippen LogP contribution in [0.25, 0.3) is 0 Å². The number of rotatable bonds is 6. The van der Waals surface area contributed by atoms with E-state index in [2.05, 4.69) is 27.7 Å². The van der Waals surface area contributed by atoms with Gasteiger partial charge in [0.2, 0.25) is 0 Å². The van der Waals surface area contributed by atoms with Gasteiger partial charge in [-0.3, -0.25) is 4.90 Å². The Balaban J connectivity index is 1.49. The van der Waals surface area contributed by atoms with Crippen molar-refractivity contribution in [2.75, 3.05) is 40.4 Å². The maximum atomic E-state index is 12.5. The summed E-state index contributed by atoms with van der Waals surface area (Å²) in [7, 11) is 3.21. The van der Waals surface area contributed by atoms with Crippen molar-refractivity contribution in [1.82, 2.24) is 15.1 Å². The fraction of sp³-hybridized carbons (Fsp3) is 0.421. The molecule has 0 saturated carbocycles. The largest absolute Gasteiger partial charge is 0.493 e. The Hall–Kier alpha value is -2.25. The molecule has 1 aliphatic heterocycles. The second kappa shape index (κ2) is 8.91. The fourth-order valence-electron chi connectivity index (χ4n) is 3.11. The van der Waals surface area contributed by atoms with E-state index in [-0.39, 0.29) is 6.03 Å². The third-order valence-corrected chi connectivity index (χ3v) is 5.39. The molecule has 1 N–H and O–H groups in total. The van der Waals surface area contributed by atoms with Gasteiger partial charge in [0.25, 0.3) is 0 Å². The first kappa shape index (κ1) is 18.5. The standard InChI is InChI=1S/C19H25N3O3S/c1-24-17-7-3-5-15(18(17)25-2)13-20-19(23)22-10-8-21(9-11-22)14-16-6-4-12-26-16/h3-7,12H,8-11,13-14H2,1-2H3,(H,20,23). The molecule has 0 unspecified atom stereocenters. The highest BCUT2D eigenvalue weighted by Gasteiger charge is 2.21. The van der Waals surface area contributed by atoms with Crippen molar-refractivity contribution in [1.29, 1.82) is 0 Å². The lowest BCUT2D eigenvalue weighted by Crippen LogP contribution is -2.51. The van der Waals surface area contributed by atoms with Crippen molar-refractivity contribution in [3.63, 3.8) is 0 Å². The van der Waals surface area contributed by atoms with E-state index >= 15 is 0 Å². The summed E-state index contributed by atoms with van der Waals surface area (Å²) in [5.74, 6) is 1.33. The van der Waals surface area contributed by atoms with Crippen LogP contribution in [0.5, 0.6) is 11.5 Å². The predicted octanol–water partition coefficient (Wildman–Crippen LogP) is 2.79. The molecule has 0 bridgehead atoms. The number of nitrogens with one attached hydrogen (secondary N) is 1. The van der Waals surface area contributed by atoms with E-state index < -0.39 is 0 Å². The fourth-order valence-corrected chi connectivity index (χ4v) is 3.85. The van der Waals surface area contributed by atoms with Crippen molar-refractivity contribution >= 4 is 17.4 Å². The summed E-state index contributed by atoms with van der Waals surface area (Å²) in [5.41, 5.74) is 0.900. The summed E-state index contributed by atoms with van der Waals surface area (Å²) in [4.78, 5) is 18.1. The number of nitrogens with zero attached hydrogens (tertiary/aromatic N) is 2. The highest BCUT2D eigenvalue weighted by molar-refractivity contribution is 7.09. The first-order valence-corrected chi connectivity index (χ1v) is 9.56. The quantitative estimate of drug-likeness (QED) is 0.844. The number of hydrogen-bond donors (Lipinski definition) is 1. The van der Waals surface area contributed by atoms with Gasteiger partial charge >= 0.3 is 6.03 Å². The van der Waals surface area contributed by atoms with E-state index in [4.69, 9.17) is 9.47 Å². The Morgan fingerprint density at radius 1 is 1.12 bits per heavy atom. The number of benzene rings is 1. The van der Waals surface area contributed by atoms with Crippen LogP contribution >= 0.6 is 11.3 Å². The molecule has 3 rings (SSSR count). The number of thiophene rings is 1. The number of hydrogen-bond acceptors (Lipinski definition) is 5. The summed E-state index contributed by atoms with van der Waals surface area (Å²) in [6.07, 6.45) is 0. The third kappa shape index (κ3) is 4.47. The molecule has 0 spiro atoms. The summed E-state index contributed by atoms with van der Waals surface area (Å²) < 4.78 is 10.7. The molecule has 1 aromatic heterocycles. The molecule has 1 aromatic carbocycles. The van der Waals surface area contributed by atoms with Gasteiger partial charge in [-0.25, -0.2) is 4.79 Å². The van der Waals surface area contributed by atoms with Crippen LogP contribution < -0.4 is 14.8 Å². The maximum Gasteiger partial charge on any atom is 0.317 e. The molecular weight excluding hydrogens is 350 g/mol. The zero-order valence-electron chi connectivity index (χ0n) is 15.2. The van der Waals surface area contributed by atoms with E-state index in [1.807, 2.05) is 23.1 Å². The molecule has 2 amide bonds. The number of urea groups is 1. The summed E-state index contributed by atoms with van der Waals surface area (Å²) in [6.45, 7) is 4.66. The Bertz CT molecular complexity index is 713. The Morgan fingerprint density at radius 3 is 2.58 bits per heavy atom. The van der Waals surface area contributed by atoms with Crippen LogP contribution in [0.15, 0.2) is 35.7 Å². The van der Waals surface area contributed by atoms with Crippen LogP contribution in [-0.2, 0) is 13.1 Å². The first-order chi connectivity index (χ1) is 12.7. The number of para-hydroxylation sites is 1. The monoisotopic (exact) mass is 375 g/mol. The van der Waals surface area contributed by atoms with Gasteiger partial charge in [-0.1, -0.05) is 18.2 Å². The minimum absolute atomic E-state index is 0.0364. The topological polar surface area (TPSA) is 54.0 Å². The SMILES string of the molecule is COc1cccc(CNC(=O)N2CCN(Cc3cccs3)CC2)c1OC. The number of piperazine rings is 1. The van der Waals surface area contributed by atoms with Gasteiger partial charge in [0.1, 0.15) is 0 Å². The zero-order chi connectivity index (χ0) is 18.4. The van der Waals surface area contributed by atoms with Gasteiger partial charge in [0, 0.05) is 49.7 Å². The normalized spacial score (nSPS) is 14.9. The van der Waals surface area contributed by atoms with E-state index in [9.17, 15) is 4.79 Å². The first-order valence-electron chi connectivity index (χ1n) is 8.68. The molecule has 1 saturated heterocycles. The minimum Gasteiger partial charge on any atom is -0.493 e. The van der Waals surface area contributed by atoms with Gasteiger partial charge in [-0.05, 0) is 17.5 Å². The van der Waals surface area contributed by atoms with E-state index in [1.54, 1.807) is 25.6 Å². The van der Waals surface area contributed by atoms with Crippen LogP contribution in [0.2, 0.25) is 0 Å². The van der Waals surface area contributed by atoms with Crippen molar-refractivity contribution in [2.45, 2.75) is 13.1 Å². The highest BCUT2D eigenvalue weighted by atomic mass is 32.1. The molecule has 1 aliphatic rings. The second-order valence-corrected chi connectivity index (χ2v) is 7.19. The van der Waals surface area contributed by atoms with Crippen molar-refractivity contribution in [3.05, 3.63) is 46.2 Å². The Kier molecular flexibility index (Phi) is 6.35. The van der Waals surface area contributed by atoms with Crippen LogP contribution in [0.1, 0.15) is 10.4 Å². The lowest BCUT2D eigenvalue weighted by atomic mass is 10.2. The number of carbonyl (C=O) groups excluding carboxylic acids is 1. The molecule has 0 atom stereocenters. The molecule has 140 valence electrons. The van der Waals surface area contributed by atoms with E-state index in [1.165, 1.54) is 4.88 Å². The Morgan fingerprint density at radius 2 is 1.92 bits per heavy atom. The lowest BCUT2D eigenvalue weighted by molar-refractivity contribution is 0.135. The third-order valence-electron chi connectivity index (χ3n) is 4.53. The number of carbonyl (C=O) groups is 1. The molecule has 6 nitrogen and oxygen atoms in total. The van der Waals surface area contributed by atoms with Gasteiger partial charge in [-0.15, -0.1) is 11.3 Å². The molecule has 26 heavy (non-hydrogen) atoms. The molecule has 1 fully saturated rings.